The van der Waals surface area contributed by atoms with Crippen molar-refractivity contribution < 1.29 is 33.7 Å². The fourth-order valence-electron chi connectivity index (χ4n) is 2.81. The molecule has 1 rings (SSSR count). The highest BCUT2D eigenvalue weighted by molar-refractivity contribution is 6.02. The summed E-state index contributed by atoms with van der Waals surface area (Å²) < 4.78 is 16.6. The second kappa shape index (κ2) is 10.6. The molecule has 31 heavy (non-hydrogen) atoms. The van der Waals surface area contributed by atoms with Crippen LogP contribution in [-0.2, 0) is 14.3 Å². The first-order valence-corrected chi connectivity index (χ1v) is 10.3. The van der Waals surface area contributed by atoms with E-state index in [0.29, 0.717) is 17.7 Å². The summed E-state index contributed by atoms with van der Waals surface area (Å²) >= 11 is 0. The first kappa shape index (κ1) is 26.4. The summed E-state index contributed by atoms with van der Waals surface area (Å²) in [6.07, 6.45) is -2.02. The highest BCUT2D eigenvalue weighted by atomic mass is 16.6. The maximum absolute atomic E-state index is 13.2. The van der Waals surface area contributed by atoms with E-state index in [1.54, 1.807) is 34.6 Å². The average molecular weight is 438 g/mol. The van der Waals surface area contributed by atoms with Crippen LogP contribution in [0.1, 0.15) is 72.2 Å². The van der Waals surface area contributed by atoms with Crippen LogP contribution in [-0.4, -0.2) is 52.4 Å². The van der Waals surface area contributed by atoms with Gasteiger partial charge >= 0.3 is 12.1 Å². The second-order valence-electron chi connectivity index (χ2n) is 9.30. The highest BCUT2D eigenvalue weighted by Gasteiger charge is 2.32. The molecule has 0 saturated heterocycles. The summed E-state index contributed by atoms with van der Waals surface area (Å²) in [5.74, 6) is -1.08. The van der Waals surface area contributed by atoms with Gasteiger partial charge in [-0.15, -0.1) is 0 Å². The number of carbonyl (C=O) groups is 3. The molecule has 0 spiro atoms. The van der Waals surface area contributed by atoms with Crippen LogP contribution in [0, 0.1) is 0 Å². The first-order chi connectivity index (χ1) is 14.1. The number of carbonyl (C=O) groups excluding carboxylic acids is 2. The number of carboxylic acid groups (broad SMARTS) is 1. The first-order valence-electron chi connectivity index (χ1n) is 10.3. The Bertz CT molecular complexity index is 760. The Morgan fingerprint density at radius 1 is 1.00 bits per heavy atom. The normalized spacial score (nSPS) is 14.8. The van der Waals surface area contributed by atoms with Crippen LogP contribution in [0.5, 0.6) is 5.75 Å². The Hall–Kier alpha value is -2.61. The van der Waals surface area contributed by atoms with Gasteiger partial charge in [-0.2, -0.15) is 0 Å². The zero-order valence-corrected chi connectivity index (χ0v) is 19.6. The van der Waals surface area contributed by atoms with Crippen LogP contribution in [0.2, 0.25) is 0 Å². The molecular weight excluding hydrogens is 402 g/mol. The summed E-state index contributed by atoms with van der Waals surface area (Å²) in [6, 6.07) is 5.12. The molecule has 3 atom stereocenters. The molecule has 8 nitrogen and oxygen atoms in total. The topological polar surface area (TPSA) is 111 Å². The monoisotopic (exact) mass is 437 g/mol. The lowest BCUT2D eigenvalue weighted by atomic mass is 9.99. The van der Waals surface area contributed by atoms with Gasteiger partial charge in [-0.1, -0.05) is 6.92 Å². The number of benzene rings is 1. The summed E-state index contributed by atoms with van der Waals surface area (Å²) in [6.45, 7) is 14.2. The zero-order chi connectivity index (χ0) is 24.0. The third kappa shape index (κ3) is 9.38. The smallest absolute Gasteiger partial charge is 0.408 e. The van der Waals surface area contributed by atoms with Crippen LogP contribution in [0.3, 0.4) is 0 Å². The lowest BCUT2D eigenvalue weighted by molar-refractivity contribution is -0.145. The number of hydrogen-bond acceptors (Lipinski definition) is 6. The molecule has 0 aromatic heterocycles. The Morgan fingerprint density at radius 3 is 1.97 bits per heavy atom. The van der Waals surface area contributed by atoms with E-state index >= 15 is 0 Å². The van der Waals surface area contributed by atoms with Crippen molar-refractivity contribution in [1.29, 1.82) is 0 Å². The molecule has 0 fully saturated rings. The Morgan fingerprint density at radius 2 is 1.55 bits per heavy atom. The van der Waals surface area contributed by atoms with E-state index in [2.05, 4.69) is 5.32 Å². The van der Waals surface area contributed by atoms with Gasteiger partial charge in [-0.3, -0.25) is 4.79 Å². The third-order valence-electron chi connectivity index (χ3n) is 4.03. The number of carboxylic acids is 1. The van der Waals surface area contributed by atoms with Crippen molar-refractivity contribution in [1.82, 2.24) is 5.32 Å². The molecule has 0 aliphatic carbocycles. The summed E-state index contributed by atoms with van der Waals surface area (Å²) in [7, 11) is 0. The molecule has 0 radical (unpaired) electrons. The van der Waals surface area contributed by atoms with E-state index in [-0.39, 0.29) is 5.78 Å². The average Bonchev–Trinajstić information content (AvgIpc) is 2.61. The van der Waals surface area contributed by atoms with Crippen LogP contribution < -0.4 is 10.1 Å². The van der Waals surface area contributed by atoms with Crippen LogP contribution >= 0.6 is 0 Å². The van der Waals surface area contributed by atoms with Crippen LogP contribution in [0.15, 0.2) is 24.3 Å². The third-order valence-corrected chi connectivity index (χ3v) is 4.03. The molecule has 0 aliphatic heterocycles. The molecule has 1 amide bonds. The molecule has 174 valence electrons. The van der Waals surface area contributed by atoms with E-state index in [9.17, 15) is 14.4 Å². The van der Waals surface area contributed by atoms with Gasteiger partial charge in [0.1, 0.15) is 17.4 Å². The Kier molecular flexibility index (Phi) is 9.05. The van der Waals surface area contributed by atoms with Crippen LogP contribution in [0.25, 0.3) is 0 Å². The van der Waals surface area contributed by atoms with E-state index in [0.717, 1.165) is 0 Å². The quantitative estimate of drug-likeness (QED) is 0.557. The van der Waals surface area contributed by atoms with Crippen molar-refractivity contribution in [3.05, 3.63) is 29.8 Å². The number of hydrogen-bond donors (Lipinski definition) is 2. The number of alkyl carbamates (subject to hydrolysis) is 1. The summed E-state index contributed by atoms with van der Waals surface area (Å²) in [4.78, 5) is 36.7. The minimum absolute atomic E-state index is 0.305. The fraction of sp³-hybridized carbons (Fsp3) is 0.609. The van der Waals surface area contributed by atoms with Gasteiger partial charge in [0.2, 0.25) is 0 Å². The van der Waals surface area contributed by atoms with Crippen LogP contribution in [0.4, 0.5) is 4.79 Å². The molecule has 0 bridgehead atoms. The number of ketones is 1. The lowest BCUT2D eigenvalue weighted by Crippen LogP contribution is -2.51. The number of Topliss-reactive ketones (excluding diaryl/α,β-unsaturated/α-hetero) is 1. The molecule has 2 N–H and O–H groups in total. The number of aliphatic carboxylic acids is 1. The summed E-state index contributed by atoms with van der Waals surface area (Å²) in [5, 5.41) is 11.7. The van der Waals surface area contributed by atoms with E-state index in [4.69, 9.17) is 19.3 Å². The predicted molar refractivity (Wildman–Crippen MR) is 117 cm³/mol. The number of rotatable bonds is 9. The largest absolute Gasteiger partial charge is 0.479 e. The summed E-state index contributed by atoms with van der Waals surface area (Å²) in [5.41, 5.74) is -0.928. The number of nitrogens with one attached hydrogen (secondary N) is 1. The number of ether oxygens (including phenoxy) is 3. The second-order valence-corrected chi connectivity index (χ2v) is 9.30. The highest BCUT2D eigenvalue weighted by Crippen LogP contribution is 2.20. The minimum Gasteiger partial charge on any atom is -0.479 e. The molecular formula is C23H35NO7. The van der Waals surface area contributed by atoms with Crippen molar-refractivity contribution in [2.75, 3.05) is 0 Å². The van der Waals surface area contributed by atoms with Crippen molar-refractivity contribution in [2.24, 2.45) is 0 Å². The van der Waals surface area contributed by atoms with E-state index < -0.39 is 41.5 Å². The Labute approximate surface area is 184 Å². The number of amides is 1. The van der Waals surface area contributed by atoms with E-state index in [1.807, 2.05) is 20.8 Å². The van der Waals surface area contributed by atoms with Gasteiger partial charge in [0.15, 0.2) is 11.9 Å². The maximum Gasteiger partial charge on any atom is 0.408 e. The fourth-order valence-corrected chi connectivity index (χ4v) is 2.81. The molecule has 1 aromatic carbocycles. The van der Waals surface area contributed by atoms with Crippen molar-refractivity contribution in [3.63, 3.8) is 0 Å². The molecule has 8 heteroatoms. The SMILES string of the molecule is CC[C@H](Oc1ccc(C(=O)C(NC(=O)OC(C)(C)C)[C@@H](C)OC(C)(C)C)cc1)C(=O)O. The van der Waals surface area contributed by atoms with Gasteiger partial charge < -0.3 is 24.6 Å². The molecule has 0 heterocycles. The molecule has 1 aromatic rings. The minimum atomic E-state index is -1.06. The molecule has 0 aliphatic rings. The maximum atomic E-state index is 13.2. The van der Waals surface area contributed by atoms with Gasteiger partial charge in [0, 0.05) is 5.56 Å². The lowest BCUT2D eigenvalue weighted by Gasteiger charge is -2.31. The van der Waals surface area contributed by atoms with Crippen molar-refractivity contribution in [2.45, 2.75) is 91.3 Å². The van der Waals surface area contributed by atoms with Gasteiger partial charge in [-0.25, -0.2) is 9.59 Å². The van der Waals surface area contributed by atoms with Gasteiger partial charge in [-0.05, 0) is 79.2 Å². The molecule has 1 unspecified atom stereocenters. The zero-order valence-electron chi connectivity index (χ0n) is 19.6. The Balaban J connectivity index is 3.07. The molecule has 0 saturated carbocycles. The van der Waals surface area contributed by atoms with Gasteiger partial charge in [0.25, 0.3) is 0 Å². The van der Waals surface area contributed by atoms with Crippen molar-refractivity contribution >= 4 is 17.8 Å². The predicted octanol–water partition coefficient (Wildman–Crippen LogP) is 4.21. The standard InChI is InChI=1S/C23H35NO7/c1-9-17(20(26)27)29-16-12-10-15(11-13-16)19(25)18(14(2)30-22(3,4)5)24-21(28)31-23(6,7)8/h10-14,17-18H,9H2,1-8H3,(H,24,28)(H,26,27)/t14-,17+,18?/m1/s1. The van der Waals surface area contributed by atoms with Crippen molar-refractivity contribution in [3.8, 4) is 5.75 Å². The van der Waals surface area contributed by atoms with Gasteiger partial charge in [0.05, 0.1) is 11.7 Å². The van der Waals surface area contributed by atoms with E-state index in [1.165, 1.54) is 24.3 Å².